The van der Waals surface area contributed by atoms with Crippen LogP contribution in [0.3, 0.4) is 0 Å². The molecule has 2 atom stereocenters. The van der Waals surface area contributed by atoms with Gasteiger partial charge in [-0.25, -0.2) is 4.98 Å². The van der Waals surface area contributed by atoms with E-state index < -0.39 is 18.6 Å². The Bertz CT molecular complexity index is 1380. The normalized spacial score (nSPS) is 20.0. The van der Waals surface area contributed by atoms with Gasteiger partial charge < -0.3 is 20.1 Å². The number of piperidine rings is 1. The fourth-order valence-electron chi connectivity index (χ4n) is 5.41. The van der Waals surface area contributed by atoms with Crippen molar-refractivity contribution in [2.45, 2.75) is 57.0 Å². The molecule has 0 saturated carbocycles. The first kappa shape index (κ1) is 29.7. The molecule has 3 heterocycles. The number of halogens is 4. The minimum Gasteiger partial charge on any atom is -0.473 e. The predicted molar refractivity (Wildman–Crippen MR) is 155 cm³/mol. The summed E-state index contributed by atoms with van der Waals surface area (Å²) in [6, 6.07) is 16.3. The van der Waals surface area contributed by atoms with Crippen LogP contribution in [-0.2, 0) is 4.74 Å². The molecule has 0 amide bonds. The first-order valence-electron chi connectivity index (χ1n) is 14.2. The van der Waals surface area contributed by atoms with Crippen molar-refractivity contribution in [3.63, 3.8) is 0 Å². The molecule has 0 bridgehead atoms. The van der Waals surface area contributed by atoms with Crippen molar-refractivity contribution < 1.29 is 27.0 Å². The highest BCUT2D eigenvalue weighted by Gasteiger charge is 2.32. The van der Waals surface area contributed by atoms with E-state index in [9.17, 15) is 17.6 Å². The number of aromatic nitrogens is 1. The zero-order chi connectivity index (χ0) is 29.5. The van der Waals surface area contributed by atoms with E-state index in [1.807, 2.05) is 0 Å². The molecule has 42 heavy (non-hydrogen) atoms. The van der Waals surface area contributed by atoms with E-state index in [1.54, 1.807) is 54.6 Å². The van der Waals surface area contributed by atoms with Gasteiger partial charge in [-0.05, 0) is 79.1 Å². The lowest BCUT2D eigenvalue weighted by Gasteiger charge is -2.26. The molecule has 3 N–H and O–H groups in total. The van der Waals surface area contributed by atoms with E-state index in [2.05, 4.69) is 15.6 Å². The van der Waals surface area contributed by atoms with Crippen LogP contribution in [-0.4, -0.2) is 49.2 Å². The van der Waals surface area contributed by atoms with Crippen LogP contribution >= 0.6 is 0 Å². The minimum absolute atomic E-state index is 0.0164. The second-order valence-corrected chi connectivity index (χ2v) is 10.6. The summed E-state index contributed by atoms with van der Waals surface area (Å²) in [5, 5.41) is 14.3. The van der Waals surface area contributed by atoms with Gasteiger partial charge in [-0.2, -0.15) is 17.6 Å². The molecule has 5 rings (SSSR count). The smallest absolute Gasteiger partial charge is 0.393 e. The van der Waals surface area contributed by atoms with Crippen molar-refractivity contribution in [1.82, 2.24) is 10.3 Å². The summed E-state index contributed by atoms with van der Waals surface area (Å²) in [6.45, 7) is 2.21. The molecule has 1 unspecified atom stereocenters. The average Bonchev–Trinajstić information content (AvgIpc) is 2.99. The molecule has 3 aromatic rings. The predicted octanol–water partition coefficient (Wildman–Crippen LogP) is 7.36. The Hall–Kier alpha value is -3.76. The summed E-state index contributed by atoms with van der Waals surface area (Å²) in [6.07, 6.45) is -0.127. The van der Waals surface area contributed by atoms with Gasteiger partial charge in [0.1, 0.15) is 12.3 Å². The van der Waals surface area contributed by atoms with Gasteiger partial charge in [0, 0.05) is 36.7 Å². The van der Waals surface area contributed by atoms with Gasteiger partial charge >= 0.3 is 6.18 Å². The third-order valence-electron chi connectivity index (χ3n) is 7.41. The summed E-state index contributed by atoms with van der Waals surface area (Å²) in [7, 11) is 0. The zero-order valence-electron chi connectivity index (χ0n) is 23.1. The number of nitrogens with zero attached hydrogens (tertiary/aromatic N) is 1. The van der Waals surface area contributed by atoms with Gasteiger partial charge in [0.15, 0.2) is 0 Å². The maximum absolute atomic E-state index is 14.6. The number of hydrogen-bond donors (Lipinski definition) is 3. The first-order valence-corrected chi connectivity index (χ1v) is 14.2. The van der Waals surface area contributed by atoms with E-state index in [1.165, 1.54) is 12.3 Å². The van der Waals surface area contributed by atoms with Crippen molar-refractivity contribution in [2.24, 2.45) is 0 Å². The van der Waals surface area contributed by atoms with Crippen molar-refractivity contribution in [2.75, 3.05) is 25.0 Å². The monoisotopic (exact) mass is 582 g/mol. The highest BCUT2D eigenvalue weighted by Crippen LogP contribution is 2.40. The zero-order valence-corrected chi connectivity index (χ0v) is 23.1. The van der Waals surface area contributed by atoms with E-state index >= 15 is 0 Å². The Balaban J connectivity index is 1.60. The van der Waals surface area contributed by atoms with Crippen LogP contribution in [0, 0.1) is 5.41 Å². The van der Waals surface area contributed by atoms with Crippen LogP contribution in [0.5, 0.6) is 5.88 Å². The SMILES string of the molecule is N=C(F)c1cc(/C(=C(\CC(F)(F)F)c2ccccc2)c2ccc(O[C@@H]3CCCNC3)nc2)ccc1NC1CCCCO1. The molecule has 222 valence electrons. The minimum atomic E-state index is -4.52. The number of anilines is 1. The van der Waals surface area contributed by atoms with Crippen molar-refractivity contribution >= 4 is 22.8 Å². The van der Waals surface area contributed by atoms with Crippen molar-refractivity contribution in [3.05, 3.63) is 89.1 Å². The summed E-state index contributed by atoms with van der Waals surface area (Å²) >= 11 is 0. The van der Waals surface area contributed by atoms with Gasteiger partial charge in [0.05, 0.1) is 12.0 Å². The quantitative estimate of drug-likeness (QED) is 0.140. The molecule has 2 saturated heterocycles. The Morgan fingerprint density at radius 3 is 2.45 bits per heavy atom. The topological polar surface area (TPSA) is 79.3 Å². The number of allylic oxidation sites excluding steroid dienone is 1. The third-order valence-corrected chi connectivity index (χ3v) is 7.41. The Kier molecular flexibility index (Phi) is 9.54. The standard InChI is InChI=1S/C32H34F4N4O2/c33-31(37)25-17-22(11-13-27(25)40-29-10-4-5-16-41-29)30(26(18-32(34,35)36)21-7-2-1-3-8-21)23-12-14-28(39-19-23)42-24-9-6-15-38-20-24/h1-3,7-8,11-14,17,19,24,29,37-38,40H,4-6,9-10,15-16,18,20H2/b30-26-,37-31?/t24-,29?/m1/s1. The van der Waals surface area contributed by atoms with Crippen molar-refractivity contribution in [1.29, 1.82) is 5.41 Å². The van der Waals surface area contributed by atoms with E-state index in [4.69, 9.17) is 14.9 Å². The number of pyridine rings is 1. The molecule has 10 heteroatoms. The average molecular weight is 583 g/mol. The van der Waals surface area contributed by atoms with Gasteiger partial charge in [-0.1, -0.05) is 36.4 Å². The molecule has 2 aliphatic heterocycles. The van der Waals surface area contributed by atoms with Crippen LogP contribution in [0.15, 0.2) is 66.9 Å². The van der Waals surface area contributed by atoms with E-state index in [-0.39, 0.29) is 29.0 Å². The van der Waals surface area contributed by atoms with E-state index in [0.29, 0.717) is 41.4 Å². The molecule has 0 spiro atoms. The summed E-state index contributed by atoms with van der Waals surface area (Å²) in [5.74, 6) is -0.823. The number of hydrogen-bond acceptors (Lipinski definition) is 6. The molecule has 2 aliphatic rings. The molecule has 0 radical (unpaired) electrons. The summed E-state index contributed by atoms with van der Waals surface area (Å²) in [4.78, 5) is 4.43. The largest absolute Gasteiger partial charge is 0.473 e. The van der Waals surface area contributed by atoms with Crippen LogP contribution in [0.4, 0.5) is 23.2 Å². The lowest BCUT2D eigenvalue weighted by atomic mass is 9.87. The van der Waals surface area contributed by atoms with Crippen LogP contribution < -0.4 is 15.4 Å². The second kappa shape index (κ2) is 13.5. The van der Waals surface area contributed by atoms with E-state index in [0.717, 1.165) is 38.6 Å². The summed E-state index contributed by atoms with van der Waals surface area (Å²) in [5.41, 5.74) is 1.68. The molecule has 2 fully saturated rings. The van der Waals surface area contributed by atoms with Gasteiger partial charge in [-0.15, -0.1) is 0 Å². The van der Waals surface area contributed by atoms with Crippen LogP contribution in [0.2, 0.25) is 0 Å². The fraction of sp³-hybridized carbons (Fsp3) is 0.375. The second-order valence-electron chi connectivity index (χ2n) is 10.6. The Labute approximate surface area is 242 Å². The molecular formula is C32H34F4N4O2. The lowest BCUT2D eigenvalue weighted by Crippen LogP contribution is -2.37. The number of rotatable bonds is 9. The molecular weight excluding hydrogens is 548 g/mol. The number of benzene rings is 2. The van der Waals surface area contributed by atoms with Crippen LogP contribution in [0.25, 0.3) is 11.1 Å². The Morgan fingerprint density at radius 2 is 1.81 bits per heavy atom. The number of alkyl halides is 3. The van der Waals surface area contributed by atoms with Crippen molar-refractivity contribution in [3.8, 4) is 5.88 Å². The molecule has 2 aromatic carbocycles. The first-order chi connectivity index (χ1) is 20.3. The maximum atomic E-state index is 14.6. The number of nitrogens with one attached hydrogen (secondary N) is 3. The van der Waals surface area contributed by atoms with Gasteiger partial charge in [-0.3, -0.25) is 5.41 Å². The maximum Gasteiger partial charge on any atom is 0.393 e. The highest BCUT2D eigenvalue weighted by molar-refractivity contribution is 6.02. The summed E-state index contributed by atoms with van der Waals surface area (Å²) < 4.78 is 68.5. The third kappa shape index (κ3) is 7.74. The Morgan fingerprint density at radius 1 is 1.00 bits per heavy atom. The van der Waals surface area contributed by atoms with Gasteiger partial charge in [0.25, 0.3) is 0 Å². The lowest BCUT2D eigenvalue weighted by molar-refractivity contribution is -0.122. The fourth-order valence-corrected chi connectivity index (χ4v) is 5.41. The molecule has 1 aromatic heterocycles. The van der Waals surface area contributed by atoms with Gasteiger partial charge in [0.2, 0.25) is 11.8 Å². The van der Waals surface area contributed by atoms with Crippen LogP contribution in [0.1, 0.15) is 60.8 Å². The molecule has 6 nitrogen and oxygen atoms in total. The highest BCUT2D eigenvalue weighted by atomic mass is 19.4. The number of ether oxygens (including phenoxy) is 2. The molecule has 0 aliphatic carbocycles.